The van der Waals surface area contributed by atoms with Gasteiger partial charge in [-0.05, 0) is 58.2 Å². The third-order valence-corrected chi connectivity index (χ3v) is 3.57. The highest BCUT2D eigenvalue weighted by atomic mass is 79.9. The van der Waals surface area contributed by atoms with Gasteiger partial charge in [0.25, 0.3) is 0 Å². The molecular formula is C14H12BrF3N2. The van der Waals surface area contributed by atoms with E-state index >= 15 is 0 Å². The summed E-state index contributed by atoms with van der Waals surface area (Å²) >= 11 is 3.15. The quantitative estimate of drug-likeness (QED) is 0.866. The highest BCUT2D eigenvalue weighted by Gasteiger charge is 2.30. The van der Waals surface area contributed by atoms with Crippen molar-refractivity contribution in [3.05, 3.63) is 57.8 Å². The van der Waals surface area contributed by atoms with Crippen LogP contribution in [0.5, 0.6) is 0 Å². The van der Waals surface area contributed by atoms with E-state index in [1.54, 1.807) is 12.4 Å². The zero-order valence-corrected chi connectivity index (χ0v) is 12.2. The van der Waals surface area contributed by atoms with Crippen LogP contribution in [0.3, 0.4) is 0 Å². The minimum absolute atomic E-state index is 0.383. The number of hydrogen-bond acceptors (Lipinski definition) is 2. The average molecular weight is 345 g/mol. The molecule has 0 aliphatic carbocycles. The van der Waals surface area contributed by atoms with Crippen molar-refractivity contribution in [2.75, 3.05) is 5.32 Å². The highest BCUT2D eigenvalue weighted by Crippen LogP contribution is 2.34. The number of nitrogens with zero attached hydrogens (tertiary/aromatic N) is 1. The lowest BCUT2D eigenvalue weighted by molar-refractivity contribution is -0.137. The number of benzene rings is 1. The smallest absolute Gasteiger partial charge is 0.380 e. The molecule has 2 rings (SSSR count). The molecular weight excluding hydrogens is 333 g/mol. The predicted molar refractivity (Wildman–Crippen MR) is 75.4 cm³/mol. The number of aryl methyl sites for hydroxylation is 1. The van der Waals surface area contributed by atoms with Crippen LogP contribution in [-0.2, 0) is 12.7 Å². The second-order valence-electron chi connectivity index (χ2n) is 4.35. The van der Waals surface area contributed by atoms with Crippen molar-refractivity contribution >= 4 is 21.6 Å². The summed E-state index contributed by atoms with van der Waals surface area (Å²) in [5.74, 6) is 0. The molecule has 0 aliphatic rings. The molecule has 0 aliphatic heterocycles. The fourth-order valence-electron chi connectivity index (χ4n) is 1.71. The van der Waals surface area contributed by atoms with Gasteiger partial charge in [0.15, 0.2) is 0 Å². The third-order valence-electron chi connectivity index (χ3n) is 2.91. The summed E-state index contributed by atoms with van der Waals surface area (Å²) in [6.45, 7) is 2.46. The van der Waals surface area contributed by atoms with Crippen LogP contribution in [0.1, 0.15) is 16.7 Å². The van der Waals surface area contributed by atoms with E-state index in [2.05, 4.69) is 26.2 Å². The van der Waals surface area contributed by atoms with Crippen LogP contribution in [-0.4, -0.2) is 4.98 Å². The van der Waals surface area contributed by atoms with Crippen molar-refractivity contribution in [2.24, 2.45) is 0 Å². The van der Waals surface area contributed by atoms with Gasteiger partial charge in [-0.25, -0.2) is 0 Å². The summed E-state index contributed by atoms with van der Waals surface area (Å²) in [5, 5.41) is 3.09. The van der Waals surface area contributed by atoms with E-state index < -0.39 is 11.7 Å². The molecule has 2 aromatic rings. The fraction of sp³-hybridized carbons (Fsp3) is 0.214. The van der Waals surface area contributed by atoms with Crippen LogP contribution in [0.4, 0.5) is 18.9 Å². The molecule has 6 heteroatoms. The van der Waals surface area contributed by atoms with Crippen molar-refractivity contribution in [3.63, 3.8) is 0 Å². The van der Waals surface area contributed by atoms with Gasteiger partial charge in [0, 0.05) is 29.1 Å². The molecule has 1 aromatic heterocycles. The number of hydrogen-bond donors (Lipinski definition) is 1. The van der Waals surface area contributed by atoms with Crippen LogP contribution in [0.25, 0.3) is 0 Å². The van der Waals surface area contributed by atoms with Crippen LogP contribution < -0.4 is 5.32 Å². The summed E-state index contributed by atoms with van der Waals surface area (Å²) in [6.07, 6.45) is -0.895. The summed E-state index contributed by atoms with van der Waals surface area (Å²) < 4.78 is 38.0. The zero-order chi connectivity index (χ0) is 14.8. The zero-order valence-electron chi connectivity index (χ0n) is 10.6. The van der Waals surface area contributed by atoms with Crippen molar-refractivity contribution < 1.29 is 13.2 Å². The second-order valence-corrected chi connectivity index (χ2v) is 5.20. The Balaban J connectivity index is 2.13. The normalized spacial score (nSPS) is 11.4. The highest BCUT2D eigenvalue weighted by molar-refractivity contribution is 9.10. The van der Waals surface area contributed by atoms with Gasteiger partial charge in [-0.3, -0.25) is 4.98 Å². The van der Waals surface area contributed by atoms with Crippen LogP contribution >= 0.6 is 15.9 Å². The van der Waals surface area contributed by atoms with E-state index in [1.165, 1.54) is 6.07 Å². The molecule has 1 heterocycles. The molecule has 0 fully saturated rings. The van der Waals surface area contributed by atoms with Crippen molar-refractivity contribution in [3.8, 4) is 0 Å². The van der Waals surface area contributed by atoms with Crippen LogP contribution in [0.2, 0.25) is 0 Å². The molecule has 0 saturated heterocycles. The number of alkyl halides is 3. The topological polar surface area (TPSA) is 24.9 Å². The molecule has 0 bridgehead atoms. The Labute approximate surface area is 123 Å². The Morgan fingerprint density at radius 3 is 2.60 bits per heavy atom. The van der Waals surface area contributed by atoms with Crippen molar-refractivity contribution in [2.45, 2.75) is 19.6 Å². The van der Waals surface area contributed by atoms with Gasteiger partial charge in [0.2, 0.25) is 0 Å². The van der Waals surface area contributed by atoms with Gasteiger partial charge in [-0.15, -0.1) is 0 Å². The number of nitrogens with one attached hydrogen (secondary N) is 1. The molecule has 0 atom stereocenters. The number of halogens is 4. The number of rotatable bonds is 3. The predicted octanol–water partition coefficient (Wildman–Crippen LogP) is 4.78. The minimum atomic E-state index is -4.33. The fourth-order valence-corrected chi connectivity index (χ4v) is 2.23. The first-order valence-electron chi connectivity index (χ1n) is 5.88. The monoisotopic (exact) mass is 344 g/mol. The van der Waals surface area contributed by atoms with Gasteiger partial charge in [-0.2, -0.15) is 13.2 Å². The maximum atomic E-state index is 12.6. The summed E-state index contributed by atoms with van der Waals surface area (Å²) in [7, 11) is 0. The van der Waals surface area contributed by atoms with Gasteiger partial charge < -0.3 is 5.32 Å². The molecule has 20 heavy (non-hydrogen) atoms. The minimum Gasteiger partial charge on any atom is -0.380 e. The van der Waals surface area contributed by atoms with Crippen molar-refractivity contribution in [1.29, 1.82) is 0 Å². The van der Waals surface area contributed by atoms with E-state index in [1.807, 2.05) is 13.0 Å². The third kappa shape index (κ3) is 3.50. The Hall–Kier alpha value is -1.56. The van der Waals surface area contributed by atoms with Gasteiger partial charge in [0.05, 0.1) is 5.56 Å². The van der Waals surface area contributed by atoms with E-state index in [0.29, 0.717) is 16.7 Å². The molecule has 0 amide bonds. The Morgan fingerprint density at radius 1 is 1.25 bits per heavy atom. The standard InChI is InChI=1S/C14H12BrF3N2/c1-9-4-5-19-7-10(9)8-20-13-3-2-11(6-12(13)15)14(16,17)18/h2-7,20H,8H2,1H3. The molecule has 2 nitrogen and oxygen atoms in total. The largest absolute Gasteiger partial charge is 0.416 e. The van der Waals surface area contributed by atoms with Gasteiger partial charge >= 0.3 is 6.18 Å². The number of pyridine rings is 1. The molecule has 1 N–H and O–H groups in total. The van der Waals surface area contributed by atoms with Gasteiger partial charge in [0.1, 0.15) is 0 Å². The summed E-state index contributed by atoms with van der Waals surface area (Å²) in [6, 6.07) is 5.43. The Morgan fingerprint density at radius 2 is 2.00 bits per heavy atom. The Bertz CT molecular complexity index is 612. The maximum Gasteiger partial charge on any atom is 0.416 e. The van der Waals surface area contributed by atoms with E-state index in [-0.39, 0.29) is 0 Å². The number of aromatic nitrogens is 1. The van der Waals surface area contributed by atoms with Crippen molar-refractivity contribution in [1.82, 2.24) is 4.98 Å². The lowest BCUT2D eigenvalue weighted by Gasteiger charge is -2.12. The second kappa shape index (κ2) is 5.83. The summed E-state index contributed by atoms with van der Waals surface area (Å²) in [5.41, 5.74) is 2.02. The maximum absolute atomic E-state index is 12.6. The SMILES string of the molecule is Cc1ccncc1CNc1ccc(C(F)(F)F)cc1Br. The molecule has 0 unspecified atom stereocenters. The first kappa shape index (κ1) is 14.8. The molecule has 0 radical (unpaired) electrons. The van der Waals surface area contributed by atoms with E-state index in [9.17, 15) is 13.2 Å². The Kier molecular flexibility index (Phi) is 4.32. The molecule has 0 spiro atoms. The van der Waals surface area contributed by atoms with Gasteiger partial charge in [-0.1, -0.05) is 0 Å². The van der Waals surface area contributed by atoms with Crippen LogP contribution in [0, 0.1) is 6.92 Å². The van der Waals surface area contributed by atoms with Crippen LogP contribution in [0.15, 0.2) is 41.1 Å². The van der Waals surface area contributed by atoms with E-state index in [4.69, 9.17) is 0 Å². The molecule has 1 aromatic carbocycles. The average Bonchev–Trinajstić information content (AvgIpc) is 2.38. The first-order chi connectivity index (χ1) is 9.38. The lowest BCUT2D eigenvalue weighted by atomic mass is 10.1. The molecule has 106 valence electrons. The molecule has 0 saturated carbocycles. The number of anilines is 1. The summed E-state index contributed by atoms with van der Waals surface area (Å²) in [4.78, 5) is 4.03. The van der Waals surface area contributed by atoms with E-state index in [0.717, 1.165) is 23.3 Å². The first-order valence-corrected chi connectivity index (χ1v) is 6.67. The lowest BCUT2D eigenvalue weighted by Crippen LogP contribution is -2.06.